The minimum absolute atomic E-state index is 0.179. The van der Waals surface area contributed by atoms with Gasteiger partial charge in [-0.25, -0.2) is 4.99 Å². The number of thioether (sulfide) groups is 1. The third-order valence-corrected chi connectivity index (χ3v) is 4.68. The van der Waals surface area contributed by atoms with Gasteiger partial charge >= 0.3 is 6.18 Å². The average Bonchev–Trinajstić information content (AvgIpc) is 2.64. The molecule has 4 nitrogen and oxygen atoms in total. The first-order valence-corrected chi connectivity index (χ1v) is 9.10. The number of hydrogen-bond donors (Lipinski definition) is 1. The number of fused-ring (bicyclic) bond motifs is 1. The Morgan fingerprint density at radius 1 is 1.23 bits per heavy atom. The molecule has 0 aliphatic carbocycles. The van der Waals surface area contributed by atoms with Crippen LogP contribution in [0.2, 0.25) is 0 Å². The van der Waals surface area contributed by atoms with Crippen molar-refractivity contribution in [2.24, 2.45) is 4.99 Å². The van der Waals surface area contributed by atoms with Crippen LogP contribution in [0.25, 0.3) is 0 Å². The second-order valence-corrected chi connectivity index (χ2v) is 6.69. The third kappa shape index (κ3) is 4.63. The van der Waals surface area contributed by atoms with Gasteiger partial charge in [0, 0.05) is 35.6 Å². The third-order valence-electron chi connectivity index (χ3n) is 3.52. The van der Waals surface area contributed by atoms with Gasteiger partial charge in [-0.1, -0.05) is 18.7 Å². The number of dihydropyridines is 1. The van der Waals surface area contributed by atoms with Crippen LogP contribution in [0.1, 0.15) is 13.3 Å². The van der Waals surface area contributed by atoms with E-state index in [2.05, 4.69) is 12.2 Å². The van der Waals surface area contributed by atoms with Crippen LogP contribution in [-0.2, 0) is 0 Å². The SMILES string of the molecule is CCCSC1=NC2=CNC=CC2=CN1c1ccc(OCC(F)(F)F)cc1. The first kappa shape index (κ1) is 18.4. The fourth-order valence-corrected chi connectivity index (χ4v) is 3.19. The Morgan fingerprint density at radius 3 is 2.69 bits per heavy atom. The smallest absolute Gasteiger partial charge is 0.422 e. The summed E-state index contributed by atoms with van der Waals surface area (Å²) in [6, 6.07) is 6.52. The molecular weight excluding hydrogens is 363 g/mol. The van der Waals surface area contributed by atoms with Crippen molar-refractivity contribution in [1.29, 1.82) is 0 Å². The molecule has 0 unspecified atom stereocenters. The van der Waals surface area contributed by atoms with Crippen molar-refractivity contribution in [3.05, 3.63) is 60.2 Å². The van der Waals surface area contributed by atoms with Crippen molar-refractivity contribution in [3.8, 4) is 5.75 Å². The van der Waals surface area contributed by atoms with Crippen LogP contribution >= 0.6 is 11.8 Å². The molecule has 0 amide bonds. The molecule has 0 aromatic heterocycles. The van der Waals surface area contributed by atoms with E-state index in [1.165, 1.54) is 12.1 Å². The van der Waals surface area contributed by atoms with Crippen LogP contribution in [0.5, 0.6) is 5.75 Å². The number of alkyl halides is 3. The molecule has 2 heterocycles. The normalized spacial score (nSPS) is 16.3. The number of amidine groups is 1. The Bertz CT molecular complexity index is 767. The predicted octanol–water partition coefficient (Wildman–Crippen LogP) is 4.79. The maximum absolute atomic E-state index is 12.3. The van der Waals surface area contributed by atoms with Crippen LogP contribution in [0.3, 0.4) is 0 Å². The lowest BCUT2D eigenvalue weighted by atomic mass is 10.1. The number of halogens is 3. The van der Waals surface area contributed by atoms with Crippen molar-refractivity contribution >= 4 is 22.6 Å². The zero-order chi connectivity index (χ0) is 18.6. The molecule has 0 saturated carbocycles. The molecule has 3 rings (SSSR count). The minimum atomic E-state index is -4.35. The van der Waals surface area contributed by atoms with Crippen LogP contribution in [0, 0.1) is 0 Å². The van der Waals surface area contributed by atoms with E-state index >= 15 is 0 Å². The van der Waals surface area contributed by atoms with Crippen molar-refractivity contribution in [3.63, 3.8) is 0 Å². The van der Waals surface area contributed by atoms with Gasteiger partial charge in [0.05, 0.1) is 5.70 Å². The highest BCUT2D eigenvalue weighted by Crippen LogP contribution is 2.31. The van der Waals surface area contributed by atoms with E-state index in [4.69, 9.17) is 9.73 Å². The highest BCUT2D eigenvalue weighted by atomic mass is 32.2. The summed E-state index contributed by atoms with van der Waals surface area (Å²) >= 11 is 1.63. The van der Waals surface area contributed by atoms with Gasteiger partial charge in [0.15, 0.2) is 11.8 Å². The van der Waals surface area contributed by atoms with E-state index in [0.717, 1.165) is 34.3 Å². The molecule has 0 saturated heterocycles. The fourth-order valence-electron chi connectivity index (χ4n) is 2.34. The summed E-state index contributed by atoms with van der Waals surface area (Å²) in [5.41, 5.74) is 2.62. The van der Waals surface area contributed by atoms with E-state index in [0.29, 0.717) is 0 Å². The molecule has 0 spiro atoms. The summed E-state index contributed by atoms with van der Waals surface area (Å²) < 4.78 is 41.6. The number of ether oxygens (including phenoxy) is 1. The fraction of sp³-hybridized carbons (Fsp3) is 0.278. The van der Waals surface area contributed by atoms with E-state index < -0.39 is 12.8 Å². The van der Waals surface area contributed by atoms with Crippen LogP contribution in [-0.4, -0.2) is 23.7 Å². The molecule has 0 radical (unpaired) electrons. The quantitative estimate of drug-likeness (QED) is 0.796. The molecule has 0 atom stereocenters. The molecule has 0 fully saturated rings. The Hall–Kier alpha value is -2.35. The summed E-state index contributed by atoms with van der Waals surface area (Å²) in [4.78, 5) is 6.64. The topological polar surface area (TPSA) is 36.9 Å². The highest BCUT2D eigenvalue weighted by Gasteiger charge is 2.28. The Labute approximate surface area is 154 Å². The molecule has 1 aromatic carbocycles. The van der Waals surface area contributed by atoms with Crippen LogP contribution in [0.15, 0.2) is 65.2 Å². The summed E-state index contributed by atoms with van der Waals surface area (Å²) in [7, 11) is 0. The van der Waals surface area contributed by atoms with E-state index in [-0.39, 0.29) is 5.75 Å². The molecule has 2 aliphatic heterocycles. The highest BCUT2D eigenvalue weighted by molar-refractivity contribution is 8.14. The Morgan fingerprint density at radius 2 is 2.00 bits per heavy atom. The number of allylic oxidation sites excluding steroid dienone is 1. The average molecular weight is 381 g/mol. The standard InChI is InChI=1S/C18H18F3N3OS/c1-2-9-26-17-23-16-10-22-8-7-13(16)11-24(17)14-3-5-15(6-4-14)25-12-18(19,20)21/h3-8,10-11,22H,2,9,12H2,1H3. The van der Waals surface area contributed by atoms with Crippen molar-refractivity contribution in [1.82, 2.24) is 5.32 Å². The zero-order valence-corrected chi connectivity index (χ0v) is 14.9. The monoisotopic (exact) mass is 381 g/mol. The number of nitrogens with zero attached hydrogens (tertiary/aromatic N) is 2. The summed E-state index contributed by atoms with van der Waals surface area (Å²) in [5, 5.41) is 3.84. The van der Waals surface area contributed by atoms with Crippen molar-refractivity contribution < 1.29 is 17.9 Å². The van der Waals surface area contributed by atoms with E-state index in [1.54, 1.807) is 23.9 Å². The number of rotatable bonds is 5. The number of hydrogen-bond acceptors (Lipinski definition) is 5. The van der Waals surface area contributed by atoms with Gasteiger partial charge in [-0.15, -0.1) is 0 Å². The summed E-state index contributed by atoms with van der Waals surface area (Å²) in [5.74, 6) is 1.10. The largest absolute Gasteiger partial charge is 0.484 e. The minimum Gasteiger partial charge on any atom is -0.484 e. The lowest BCUT2D eigenvalue weighted by Gasteiger charge is -2.28. The number of benzene rings is 1. The molecule has 138 valence electrons. The van der Waals surface area contributed by atoms with Gasteiger partial charge in [-0.3, -0.25) is 4.90 Å². The Balaban J connectivity index is 1.81. The first-order valence-electron chi connectivity index (χ1n) is 8.11. The van der Waals surface area contributed by atoms with E-state index in [1.807, 2.05) is 29.6 Å². The molecular formula is C18H18F3N3OS. The second kappa shape index (κ2) is 7.90. The molecule has 1 aromatic rings. The number of aliphatic imine (C=N–C) groups is 1. The van der Waals surface area contributed by atoms with Crippen molar-refractivity contribution in [2.75, 3.05) is 17.3 Å². The lowest BCUT2D eigenvalue weighted by molar-refractivity contribution is -0.153. The molecule has 8 heteroatoms. The summed E-state index contributed by atoms with van der Waals surface area (Å²) in [6.07, 6.45) is 4.21. The number of anilines is 1. The van der Waals surface area contributed by atoms with Gasteiger partial charge in [-0.05, 0) is 36.8 Å². The van der Waals surface area contributed by atoms with Gasteiger partial charge in [0.1, 0.15) is 5.75 Å². The van der Waals surface area contributed by atoms with Crippen LogP contribution < -0.4 is 15.0 Å². The van der Waals surface area contributed by atoms with Gasteiger partial charge < -0.3 is 10.1 Å². The maximum atomic E-state index is 12.3. The maximum Gasteiger partial charge on any atom is 0.422 e. The molecule has 0 bridgehead atoms. The second-order valence-electron chi connectivity index (χ2n) is 5.62. The van der Waals surface area contributed by atoms with Gasteiger partial charge in [0.2, 0.25) is 0 Å². The lowest BCUT2D eigenvalue weighted by Crippen LogP contribution is -2.27. The van der Waals surface area contributed by atoms with Crippen LogP contribution in [0.4, 0.5) is 18.9 Å². The van der Waals surface area contributed by atoms with Gasteiger partial charge in [-0.2, -0.15) is 13.2 Å². The zero-order valence-electron chi connectivity index (χ0n) is 14.1. The van der Waals surface area contributed by atoms with Gasteiger partial charge in [0.25, 0.3) is 0 Å². The molecule has 1 N–H and O–H groups in total. The van der Waals surface area contributed by atoms with E-state index in [9.17, 15) is 13.2 Å². The summed E-state index contributed by atoms with van der Waals surface area (Å²) in [6.45, 7) is 0.796. The van der Waals surface area contributed by atoms with Crippen molar-refractivity contribution in [2.45, 2.75) is 19.5 Å². The number of nitrogens with one attached hydrogen (secondary N) is 1. The Kier molecular flexibility index (Phi) is 5.61. The predicted molar refractivity (Wildman–Crippen MR) is 99.1 cm³/mol. The molecule has 2 aliphatic rings. The first-order chi connectivity index (χ1) is 12.5. The molecule has 26 heavy (non-hydrogen) atoms.